The van der Waals surface area contributed by atoms with E-state index in [1.54, 1.807) is 20.8 Å². The minimum Gasteiger partial charge on any atom is -0.505 e. The first-order valence-corrected chi connectivity index (χ1v) is 18.8. The second-order valence-corrected chi connectivity index (χ2v) is 15.3. The average molecular weight is 749 g/mol. The predicted octanol–water partition coefficient (Wildman–Crippen LogP) is 6.18. The fraction of sp³-hybridized carbons (Fsp3) is 0.233. The van der Waals surface area contributed by atoms with E-state index in [1.807, 2.05) is 0 Å². The Hall–Kier alpha value is -4.86. The van der Waals surface area contributed by atoms with Gasteiger partial charge in [0.05, 0.1) is 34.0 Å². The van der Waals surface area contributed by atoms with Crippen LogP contribution >= 0.6 is 0 Å². The lowest BCUT2D eigenvalue weighted by atomic mass is 10.1. The molecule has 0 aliphatic rings. The zero-order chi connectivity index (χ0) is 37.2. The molecule has 0 fully saturated rings. The Kier molecular flexibility index (Phi) is 11.0. The Morgan fingerprint density at radius 1 is 0.820 bits per heavy atom. The maximum Gasteiger partial charge on any atom is 0.296 e. The lowest BCUT2D eigenvalue weighted by molar-refractivity contribution is -0.114. The molecule has 266 valence electrons. The minimum atomic E-state index is -5.13. The molecule has 1 amide bonds. The molecule has 4 aromatic rings. The molecule has 0 aliphatic carbocycles. The zero-order valence-corrected chi connectivity index (χ0v) is 29.6. The van der Waals surface area contributed by atoms with Crippen molar-refractivity contribution in [3.05, 3.63) is 60.2 Å². The van der Waals surface area contributed by atoms with Crippen molar-refractivity contribution in [1.82, 2.24) is 4.31 Å². The molecule has 4 rings (SSSR count). The number of nitrogens with zero attached hydrogens (tertiary/aromatic N) is 5. The summed E-state index contributed by atoms with van der Waals surface area (Å²) in [6.45, 7) is 6.87. The second kappa shape index (κ2) is 14.5. The number of phenolic OH excluding ortho intramolecular Hbond substituents is 1. The van der Waals surface area contributed by atoms with Gasteiger partial charge < -0.3 is 15.2 Å². The van der Waals surface area contributed by atoms with Crippen LogP contribution in [0.1, 0.15) is 26.3 Å². The van der Waals surface area contributed by atoms with Crippen molar-refractivity contribution in [3.8, 4) is 11.5 Å². The van der Waals surface area contributed by atoms with E-state index in [4.69, 9.17) is 4.74 Å². The number of nitrogens with one attached hydrogen (secondary N) is 1. The van der Waals surface area contributed by atoms with Gasteiger partial charge in [0.1, 0.15) is 22.0 Å². The van der Waals surface area contributed by atoms with Crippen LogP contribution in [0.5, 0.6) is 11.5 Å². The Morgan fingerprint density at radius 2 is 1.44 bits per heavy atom. The summed E-state index contributed by atoms with van der Waals surface area (Å²) in [7, 11) is -12.3. The molecule has 17 nitrogen and oxygen atoms in total. The number of amides is 1. The van der Waals surface area contributed by atoms with Crippen LogP contribution in [0.2, 0.25) is 0 Å². The SMILES string of the molecule is CCN(CC)S(=O)(=O)c1ccc(N=Nc2cc(OC)c(N=Nc3c(S(=O)(=O)O)cc4cc(S(=O)(=O)O)cc(NC(C)=O)c4c3O)cc2C)cc1. The molecule has 0 aliphatic heterocycles. The highest BCUT2D eigenvalue weighted by Crippen LogP contribution is 2.46. The summed E-state index contributed by atoms with van der Waals surface area (Å²) in [4.78, 5) is 10.3. The topological polar surface area (TPSA) is 254 Å². The molecule has 0 saturated heterocycles. The largest absolute Gasteiger partial charge is 0.505 e. The van der Waals surface area contributed by atoms with E-state index in [0.717, 1.165) is 25.1 Å². The van der Waals surface area contributed by atoms with Gasteiger partial charge in [-0.2, -0.15) is 31.4 Å². The van der Waals surface area contributed by atoms with E-state index in [9.17, 15) is 44.3 Å². The molecule has 0 heterocycles. The third-order valence-corrected chi connectivity index (χ3v) is 11.0. The summed E-state index contributed by atoms with van der Waals surface area (Å²) in [5, 5.41) is 29.2. The fourth-order valence-corrected chi connectivity index (χ4v) is 7.47. The Morgan fingerprint density at radius 3 is 1.98 bits per heavy atom. The average Bonchev–Trinajstić information content (AvgIpc) is 3.03. The van der Waals surface area contributed by atoms with Crippen LogP contribution in [0.4, 0.5) is 28.4 Å². The van der Waals surface area contributed by atoms with Gasteiger partial charge in [0, 0.05) is 31.5 Å². The molecule has 0 bridgehead atoms. The van der Waals surface area contributed by atoms with Crippen molar-refractivity contribution in [2.24, 2.45) is 20.5 Å². The van der Waals surface area contributed by atoms with Gasteiger partial charge >= 0.3 is 0 Å². The van der Waals surface area contributed by atoms with Crippen molar-refractivity contribution in [2.45, 2.75) is 42.4 Å². The Balaban J connectivity index is 1.77. The van der Waals surface area contributed by atoms with E-state index in [0.29, 0.717) is 30.0 Å². The number of aryl methyl sites for hydroxylation is 1. The molecular weight excluding hydrogens is 717 g/mol. The highest BCUT2D eigenvalue weighted by molar-refractivity contribution is 7.89. The number of fused-ring (bicyclic) bond motifs is 1. The smallest absolute Gasteiger partial charge is 0.296 e. The molecular formula is C30H32N6O11S3. The number of benzene rings is 4. The van der Waals surface area contributed by atoms with Crippen molar-refractivity contribution >= 4 is 75.4 Å². The maximum absolute atomic E-state index is 12.8. The number of rotatable bonds is 12. The van der Waals surface area contributed by atoms with Crippen LogP contribution in [-0.4, -0.2) is 69.9 Å². The van der Waals surface area contributed by atoms with Gasteiger partial charge in [-0.3, -0.25) is 13.9 Å². The molecule has 0 spiro atoms. The lowest BCUT2D eigenvalue weighted by Crippen LogP contribution is -2.30. The molecule has 4 aromatic carbocycles. The highest BCUT2D eigenvalue weighted by Gasteiger charge is 2.26. The molecule has 20 heteroatoms. The maximum atomic E-state index is 12.8. The third-order valence-electron chi connectivity index (χ3n) is 7.22. The number of sulfonamides is 1. The first-order chi connectivity index (χ1) is 23.3. The van der Waals surface area contributed by atoms with Gasteiger partial charge in [0.2, 0.25) is 15.9 Å². The normalized spacial score (nSPS) is 12.7. The van der Waals surface area contributed by atoms with Gasteiger partial charge in [0.15, 0.2) is 5.75 Å². The summed E-state index contributed by atoms with van der Waals surface area (Å²) in [5.41, 5.74) is 0.120. The first-order valence-electron chi connectivity index (χ1n) is 14.5. The van der Waals surface area contributed by atoms with Crippen LogP contribution in [0.15, 0.2) is 89.7 Å². The van der Waals surface area contributed by atoms with Crippen LogP contribution in [-0.2, 0) is 35.1 Å². The van der Waals surface area contributed by atoms with Crippen LogP contribution in [0.3, 0.4) is 0 Å². The number of methoxy groups -OCH3 is 1. The van der Waals surface area contributed by atoms with Crippen LogP contribution < -0.4 is 10.1 Å². The first kappa shape index (κ1) is 38.0. The van der Waals surface area contributed by atoms with Gasteiger partial charge in [-0.1, -0.05) is 13.8 Å². The van der Waals surface area contributed by atoms with E-state index in [2.05, 4.69) is 25.8 Å². The van der Waals surface area contributed by atoms with Gasteiger partial charge in [-0.05, 0) is 66.4 Å². The quantitative estimate of drug-likeness (QED) is 0.0940. The van der Waals surface area contributed by atoms with Crippen molar-refractivity contribution < 1.29 is 49.0 Å². The summed E-state index contributed by atoms with van der Waals surface area (Å²) in [6, 6.07) is 11.2. The summed E-state index contributed by atoms with van der Waals surface area (Å²) in [6.07, 6.45) is 0. The Labute approximate surface area is 287 Å². The van der Waals surface area contributed by atoms with E-state index >= 15 is 0 Å². The summed E-state index contributed by atoms with van der Waals surface area (Å²) in [5.74, 6) is -1.51. The number of hydrogen-bond acceptors (Lipinski definition) is 13. The molecule has 4 N–H and O–H groups in total. The monoisotopic (exact) mass is 748 g/mol. The predicted molar refractivity (Wildman–Crippen MR) is 182 cm³/mol. The molecule has 0 aromatic heterocycles. The number of ether oxygens (including phenoxy) is 1. The van der Waals surface area contributed by atoms with Crippen LogP contribution in [0, 0.1) is 6.92 Å². The Bertz CT molecular complexity index is 2380. The van der Waals surface area contributed by atoms with Crippen molar-refractivity contribution in [3.63, 3.8) is 0 Å². The number of azo groups is 2. The third kappa shape index (κ3) is 8.12. The van der Waals surface area contributed by atoms with Crippen molar-refractivity contribution in [1.29, 1.82) is 0 Å². The van der Waals surface area contributed by atoms with E-state index in [-0.39, 0.29) is 32.8 Å². The molecule has 0 saturated carbocycles. The zero-order valence-electron chi connectivity index (χ0n) is 27.2. The number of aromatic hydroxyl groups is 1. The number of phenols is 1. The molecule has 0 radical (unpaired) electrons. The number of carbonyl (C=O) groups is 1. The van der Waals surface area contributed by atoms with Gasteiger partial charge in [-0.15, -0.1) is 10.2 Å². The summed E-state index contributed by atoms with van der Waals surface area (Å²) < 4.78 is 100. The van der Waals surface area contributed by atoms with Gasteiger partial charge in [0.25, 0.3) is 20.2 Å². The van der Waals surface area contributed by atoms with E-state index < -0.39 is 57.4 Å². The fourth-order valence-electron chi connectivity index (χ4n) is 4.81. The number of anilines is 1. The van der Waals surface area contributed by atoms with Crippen molar-refractivity contribution in [2.75, 3.05) is 25.5 Å². The highest BCUT2D eigenvalue weighted by atomic mass is 32.2. The molecule has 50 heavy (non-hydrogen) atoms. The minimum absolute atomic E-state index is 0.0273. The number of carbonyl (C=O) groups excluding carboxylic acids is 1. The lowest BCUT2D eigenvalue weighted by Gasteiger charge is -2.18. The van der Waals surface area contributed by atoms with Gasteiger partial charge in [-0.25, -0.2) is 8.42 Å². The van der Waals surface area contributed by atoms with E-state index in [1.165, 1.54) is 47.8 Å². The second-order valence-electron chi connectivity index (χ2n) is 10.6. The number of hydrogen-bond donors (Lipinski definition) is 4. The molecule has 0 unspecified atom stereocenters. The molecule has 0 atom stereocenters. The van der Waals surface area contributed by atoms with Crippen LogP contribution in [0.25, 0.3) is 10.8 Å². The standard InChI is InChI=1S/C30H32N6O11S3/c1-6-36(7-2)48(39,40)21-10-8-20(9-11-21)32-33-23-16-26(47-5)24(12-17(23)3)34-35-29-27(50(44,45)46)14-19-13-22(49(41,42)43)15-25(31-18(4)37)28(19)30(29)38/h8-16,38H,6-7H2,1-5H3,(H,31,37)(H,41,42,43)(H,44,45,46). The summed E-state index contributed by atoms with van der Waals surface area (Å²) >= 11 is 0.